The van der Waals surface area contributed by atoms with E-state index in [-0.39, 0.29) is 12.1 Å². The summed E-state index contributed by atoms with van der Waals surface area (Å²) < 4.78 is 5.37. The van der Waals surface area contributed by atoms with Gasteiger partial charge in [-0.3, -0.25) is 4.98 Å². The highest BCUT2D eigenvalue weighted by atomic mass is 32.2. The molecule has 0 aliphatic heterocycles. The summed E-state index contributed by atoms with van der Waals surface area (Å²) in [5, 5.41) is 14.1. The minimum absolute atomic E-state index is 0.0849. The Kier molecular flexibility index (Phi) is 6.11. The summed E-state index contributed by atoms with van der Waals surface area (Å²) in [6, 6.07) is 2.08. The average molecular weight is 347 g/mol. The molecule has 3 atom stereocenters. The first-order chi connectivity index (χ1) is 11.3. The predicted molar refractivity (Wildman–Crippen MR) is 94.6 cm³/mol. The third kappa shape index (κ3) is 5.41. The van der Waals surface area contributed by atoms with Gasteiger partial charge in [0.2, 0.25) is 0 Å². The van der Waals surface area contributed by atoms with Gasteiger partial charge in [-0.1, -0.05) is 6.92 Å². The van der Waals surface area contributed by atoms with Crippen LogP contribution in [0.1, 0.15) is 58.4 Å². The van der Waals surface area contributed by atoms with E-state index in [1.165, 1.54) is 0 Å². The maximum atomic E-state index is 12.1. The Labute approximate surface area is 148 Å². The molecule has 1 N–H and O–H groups in total. The van der Waals surface area contributed by atoms with Crippen LogP contribution in [0.15, 0.2) is 23.4 Å². The molecule has 1 heterocycles. The summed E-state index contributed by atoms with van der Waals surface area (Å²) in [6.45, 7) is 7.79. The average Bonchev–Trinajstić information content (AvgIpc) is 2.45. The standard InChI is InChI=1S/C18H25N3O2S/c1-12-7-13(15-5-6-20-10-16(15)24-11-19)9-14(8-12)21-17(22)23-18(2,3)4/h5-6,10,12-14H,7-9H2,1-4H3,(H,21,22). The molecule has 2 rings (SSSR count). The molecule has 1 saturated carbocycles. The molecule has 0 radical (unpaired) electrons. The molecule has 6 heteroatoms. The van der Waals surface area contributed by atoms with Gasteiger partial charge in [0.1, 0.15) is 11.0 Å². The first-order valence-corrected chi connectivity index (χ1v) is 9.09. The van der Waals surface area contributed by atoms with E-state index in [4.69, 9.17) is 10.00 Å². The van der Waals surface area contributed by atoms with Crippen molar-refractivity contribution in [3.8, 4) is 5.40 Å². The largest absolute Gasteiger partial charge is 0.444 e. The maximum absolute atomic E-state index is 12.1. The highest BCUT2D eigenvalue weighted by Gasteiger charge is 2.31. The van der Waals surface area contributed by atoms with Gasteiger partial charge in [0.25, 0.3) is 0 Å². The number of thioether (sulfide) groups is 1. The van der Waals surface area contributed by atoms with Crippen molar-refractivity contribution >= 4 is 17.9 Å². The quantitative estimate of drug-likeness (QED) is 0.646. The summed E-state index contributed by atoms with van der Waals surface area (Å²) in [6.07, 6.45) is 6.01. The van der Waals surface area contributed by atoms with Gasteiger partial charge in [0.05, 0.1) is 0 Å². The van der Waals surface area contributed by atoms with Gasteiger partial charge in [-0.05, 0) is 75.3 Å². The number of nitrogens with zero attached hydrogens (tertiary/aromatic N) is 2. The Bertz CT molecular complexity index is 621. The van der Waals surface area contributed by atoms with Gasteiger partial charge in [0, 0.05) is 23.3 Å². The van der Waals surface area contributed by atoms with E-state index in [0.717, 1.165) is 41.5 Å². The number of hydrogen-bond acceptors (Lipinski definition) is 5. The molecule has 24 heavy (non-hydrogen) atoms. The first-order valence-electron chi connectivity index (χ1n) is 8.28. The maximum Gasteiger partial charge on any atom is 0.407 e. The van der Waals surface area contributed by atoms with E-state index < -0.39 is 5.60 Å². The molecule has 1 amide bonds. The van der Waals surface area contributed by atoms with Crippen LogP contribution in [-0.4, -0.2) is 22.7 Å². The zero-order chi connectivity index (χ0) is 17.7. The van der Waals surface area contributed by atoms with Crippen LogP contribution in [0.5, 0.6) is 0 Å². The van der Waals surface area contributed by atoms with Crippen molar-refractivity contribution < 1.29 is 9.53 Å². The lowest BCUT2D eigenvalue weighted by Crippen LogP contribution is -2.42. The number of thiocyanates is 1. The highest BCUT2D eigenvalue weighted by molar-refractivity contribution is 8.03. The van der Waals surface area contributed by atoms with Gasteiger partial charge >= 0.3 is 6.09 Å². The van der Waals surface area contributed by atoms with Gasteiger partial charge in [-0.15, -0.1) is 0 Å². The number of carbonyl (C=O) groups excluding carboxylic acids is 1. The number of alkyl carbamates (subject to hydrolysis) is 1. The molecule has 0 aromatic carbocycles. The Morgan fingerprint density at radius 2 is 2.17 bits per heavy atom. The SMILES string of the molecule is CC1CC(NC(=O)OC(C)(C)C)CC(c2ccncc2SC#N)C1. The fourth-order valence-corrected chi connectivity index (χ4v) is 3.88. The third-order valence-corrected chi connectivity index (χ3v) is 4.73. The summed E-state index contributed by atoms with van der Waals surface area (Å²) in [5.41, 5.74) is 0.657. The van der Waals surface area contributed by atoms with E-state index in [1.54, 1.807) is 12.4 Å². The van der Waals surface area contributed by atoms with Gasteiger partial charge < -0.3 is 10.1 Å². The minimum Gasteiger partial charge on any atom is -0.444 e. The summed E-state index contributed by atoms with van der Waals surface area (Å²) in [4.78, 5) is 17.1. The van der Waals surface area contributed by atoms with Crippen molar-refractivity contribution in [1.82, 2.24) is 10.3 Å². The van der Waals surface area contributed by atoms with Crippen LogP contribution in [0.2, 0.25) is 0 Å². The van der Waals surface area contributed by atoms with Crippen molar-refractivity contribution in [3.05, 3.63) is 24.0 Å². The molecule has 1 aromatic heterocycles. The number of rotatable bonds is 3. The van der Waals surface area contributed by atoms with Crippen LogP contribution in [0, 0.1) is 16.6 Å². The lowest BCUT2D eigenvalue weighted by molar-refractivity contribution is 0.0482. The second-order valence-electron chi connectivity index (χ2n) is 7.46. The molecule has 0 bridgehead atoms. The van der Waals surface area contributed by atoms with Gasteiger partial charge in [-0.25, -0.2) is 4.79 Å². The molecule has 1 aromatic rings. The van der Waals surface area contributed by atoms with E-state index in [2.05, 4.69) is 22.6 Å². The van der Waals surface area contributed by atoms with Crippen LogP contribution < -0.4 is 5.32 Å². The van der Waals surface area contributed by atoms with E-state index >= 15 is 0 Å². The zero-order valence-electron chi connectivity index (χ0n) is 14.7. The summed E-state index contributed by atoms with van der Waals surface area (Å²) in [7, 11) is 0. The molecule has 5 nitrogen and oxygen atoms in total. The second kappa shape index (κ2) is 7.89. The number of amides is 1. The van der Waals surface area contributed by atoms with Gasteiger partial charge in [0.15, 0.2) is 0 Å². The van der Waals surface area contributed by atoms with Crippen molar-refractivity contribution in [2.75, 3.05) is 0 Å². The Morgan fingerprint density at radius 3 is 2.83 bits per heavy atom. The first kappa shape index (κ1) is 18.6. The normalized spacial score (nSPS) is 24.0. The number of nitrogens with one attached hydrogen (secondary N) is 1. The summed E-state index contributed by atoms with van der Waals surface area (Å²) >= 11 is 1.15. The van der Waals surface area contributed by atoms with Crippen molar-refractivity contribution in [3.63, 3.8) is 0 Å². The number of aromatic nitrogens is 1. The minimum atomic E-state index is -0.495. The molecule has 130 valence electrons. The van der Waals surface area contributed by atoms with Crippen LogP contribution in [0.3, 0.4) is 0 Å². The van der Waals surface area contributed by atoms with E-state index in [9.17, 15) is 4.79 Å². The number of hydrogen-bond donors (Lipinski definition) is 1. The molecule has 1 aliphatic carbocycles. The second-order valence-corrected chi connectivity index (χ2v) is 8.29. The molecule has 0 spiro atoms. The van der Waals surface area contributed by atoms with Crippen LogP contribution >= 0.6 is 11.8 Å². The molecule has 1 aliphatic rings. The van der Waals surface area contributed by atoms with E-state index in [0.29, 0.717) is 11.8 Å². The summed E-state index contributed by atoms with van der Waals surface area (Å²) in [5.74, 6) is 0.810. The molecular weight excluding hydrogens is 322 g/mol. The Balaban J connectivity index is 2.08. The Morgan fingerprint density at radius 1 is 1.42 bits per heavy atom. The number of pyridine rings is 1. The molecule has 0 saturated heterocycles. The third-order valence-electron chi connectivity index (χ3n) is 4.08. The Hall–Kier alpha value is -1.74. The van der Waals surface area contributed by atoms with E-state index in [1.807, 2.05) is 26.8 Å². The topological polar surface area (TPSA) is 75.0 Å². The lowest BCUT2D eigenvalue weighted by Gasteiger charge is -2.35. The number of nitriles is 1. The smallest absolute Gasteiger partial charge is 0.407 e. The van der Waals surface area contributed by atoms with Crippen molar-refractivity contribution in [2.45, 2.75) is 69.4 Å². The predicted octanol–water partition coefficient (Wildman–Crippen LogP) is 4.45. The van der Waals surface area contributed by atoms with Gasteiger partial charge in [-0.2, -0.15) is 5.26 Å². The molecular formula is C18H25N3O2S. The van der Waals surface area contributed by atoms with Crippen molar-refractivity contribution in [2.24, 2.45) is 5.92 Å². The lowest BCUT2D eigenvalue weighted by atomic mass is 9.76. The van der Waals surface area contributed by atoms with Crippen LogP contribution in [0.4, 0.5) is 4.79 Å². The fraction of sp³-hybridized carbons (Fsp3) is 0.611. The van der Waals surface area contributed by atoms with Crippen LogP contribution in [0.25, 0.3) is 0 Å². The molecule has 3 unspecified atom stereocenters. The fourth-order valence-electron chi connectivity index (χ4n) is 3.31. The van der Waals surface area contributed by atoms with Crippen LogP contribution in [-0.2, 0) is 4.74 Å². The van der Waals surface area contributed by atoms with Crippen molar-refractivity contribution in [1.29, 1.82) is 5.26 Å². The number of ether oxygens (including phenoxy) is 1. The number of carbonyl (C=O) groups is 1. The monoisotopic (exact) mass is 347 g/mol. The zero-order valence-corrected chi connectivity index (χ0v) is 15.5. The molecule has 1 fully saturated rings. The highest BCUT2D eigenvalue weighted by Crippen LogP contribution is 2.39.